The summed E-state index contributed by atoms with van der Waals surface area (Å²) in [6, 6.07) is 8.47. The van der Waals surface area contributed by atoms with E-state index in [0.717, 1.165) is 12.5 Å². The van der Waals surface area contributed by atoms with Gasteiger partial charge in [-0.3, -0.25) is 4.99 Å². The van der Waals surface area contributed by atoms with E-state index in [-0.39, 0.29) is 5.54 Å². The molecule has 1 aromatic carbocycles. The van der Waals surface area contributed by atoms with Crippen LogP contribution in [0.4, 0.5) is 0 Å². The largest absolute Gasteiger partial charge is 0.352 e. The van der Waals surface area contributed by atoms with Gasteiger partial charge < -0.3 is 10.6 Å². The van der Waals surface area contributed by atoms with Crippen LogP contribution in [0.15, 0.2) is 29.3 Å². The summed E-state index contributed by atoms with van der Waals surface area (Å²) in [7, 11) is 1.79. The maximum Gasteiger partial charge on any atom is 0.191 e. The fourth-order valence-corrected chi connectivity index (χ4v) is 1.54. The topological polar surface area (TPSA) is 36.4 Å². The van der Waals surface area contributed by atoms with Gasteiger partial charge in [0.05, 0.1) is 0 Å². The van der Waals surface area contributed by atoms with Crippen molar-refractivity contribution in [2.24, 2.45) is 4.99 Å². The fraction of sp³-hybridized carbons (Fsp3) is 0.500. The molecule has 0 bridgehead atoms. The van der Waals surface area contributed by atoms with Gasteiger partial charge in [-0.25, -0.2) is 0 Å². The van der Waals surface area contributed by atoms with Gasteiger partial charge in [0.2, 0.25) is 0 Å². The molecule has 0 aliphatic carbocycles. The van der Waals surface area contributed by atoms with Crippen molar-refractivity contribution in [1.82, 2.24) is 10.6 Å². The van der Waals surface area contributed by atoms with E-state index in [4.69, 9.17) is 0 Å². The highest BCUT2D eigenvalue weighted by molar-refractivity contribution is 5.80. The number of nitrogens with zero attached hydrogens (tertiary/aromatic N) is 1. The van der Waals surface area contributed by atoms with E-state index in [2.05, 4.69) is 67.6 Å². The standard InChI is InChI=1S/C14H23N3/c1-11-7-6-8-12(9-11)10-16-13(15-5)17-14(2,3)4/h6-9H,10H2,1-5H3,(H2,15,16,17). The molecule has 0 spiro atoms. The molecular formula is C14H23N3. The van der Waals surface area contributed by atoms with E-state index >= 15 is 0 Å². The van der Waals surface area contributed by atoms with Gasteiger partial charge in [0.25, 0.3) is 0 Å². The van der Waals surface area contributed by atoms with Crippen molar-refractivity contribution >= 4 is 5.96 Å². The molecule has 0 saturated carbocycles. The van der Waals surface area contributed by atoms with Crippen LogP contribution in [-0.4, -0.2) is 18.5 Å². The van der Waals surface area contributed by atoms with E-state index in [1.165, 1.54) is 11.1 Å². The van der Waals surface area contributed by atoms with Crippen LogP contribution in [-0.2, 0) is 6.54 Å². The van der Waals surface area contributed by atoms with E-state index in [1.807, 2.05) is 0 Å². The highest BCUT2D eigenvalue weighted by Gasteiger charge is 2.11. The Hall–Kier alpha value is -1.51. The van der Waals surface area contributed by atoms with Crippen molar-refractivity contribution < 1.29 is 0 Å². The van der Waals surface area contributed by atoms with E-state index < -0.39 is 0 Å². The number of aryl methyl sites for hydroxylation is 1. The highest BCUT2D eigenvalue weighted by atomic mass is 15.2. The van der Waals surface area contributed by atoms with Gasteiger partial charge in [-0.1, -0.05) is 29.8 Å². The molecule has 0 unspecified atom stereocenters. The predicted octanol–water partition coefficient (Wildman–Crippen LogP) is 2.46. The summed E-state index contributed by atoms with van der Waals surface area (Å²) in [6.07, 6.45) is 0. The predicted molar refractivity (Wildman–Crippen MR) is 74.3 cm³/mol. The summed E-state index contributed by atoms with van der Waals surface area (Å²) < 4.78 is 0. The number of guanidine groups is 1. The zero-order valence-electron chi connectivity index (χ0n) is 11.5. The van der Waals surface area contributed by atoms with Crippen LogP contribution in [0.25, 0.3) is 0 Å². The molecule has 0 heterocycles. The Kier molecular flexibility index (Phi) is 4.55. The van der Waals surface area contributed by atoms with Gasteiger partial charge in [-0.15, -0.1) is 0 Å². The molecule has 17 heavy (non-hydrogen) atoms. The van der Waals surface area contributed by atoms with Crippen LogP contribution in [0, 0.1) is 6.92 Å². The summed E-state index contributed by atoms with van der Waals surface area (Å²) in [6.45, 7) is 9.24. The molecule has 0 amide bonds. The third-order valence-corrected chi connectivity index (χ3v) is 2.26. The second-order valence-corrected chi connectivity index (χ2v) is 5.29. The first-order chi connectivity index (χ1) is 7.90. The van der Waals surface area contributed by atoms with Crippen LogP contribution in [0.5, 0.6) is 0 Å². The van der Waals surface area contributed by atoms with E-state index in [9.17, 15) is 0 Å². The zero-order valence-corrected chi connectivity index (χ0v) is 11.5. The Bertz CT molecular complexity index is 389. The number of benzene rings is 1. The number of hydrogen-bond acceptors (Lipinski definition) is 1. The molecule has 0 fully saturated rings. The van der Waals surface area contributed by atoms with Crippen molar-refractivity contribution in [3.05, 3.63) is 35.4 Å². The second-order valence-electron chi connectivity index (χ2n) is 5.29. The minimum absolute atomic E-state index is 0.0223. The van der Waals surface area contributed by atoms with Crippen LogP contribution in [0.1, 0.15) is 31.9 Å². The Morgan fingerprint density at radius 2 is 2.00 bits per heavy atom. The molecule has 0 aromatic heterocycles. The molecule has 1 aromatic rings. The summed E-state index contributed by atoms with van der Waals surface area (Å²) in [5.74, 6) is 0.832. The van der Waals surface area contributed by atoms with Crippen molar-refractivity contribution in [3.63, 3.8) is 0 Å². The normalized spacial score (nSPS) is 12.4. The summed E-state index contributed by atoms with van der Waals surface area (Å²) in [4.78, 5) is 4.21. The van der Waals surface area contributed by atoms with Crippen molar-refractivity contribution in [3.8, 4) is 0 Å². The van der Waals surface area contributed by atoms with Gasteiger partial charge in [0.1, 0.15) is 0 Å². The molecule has 0 radical (unpaired) electrons. The van der Waals surface area contributed by atoms with Crippen LogP contribution in [0.2, 0.25) is 0 Å². The third-order valence-electron chi connectivity index (χ3n) is 2.26. The first kappa shape index (κ1) is 13.6. The molecule has 0 aliphatic rings. The number of hydrogen-bond donors (Lipinski definition) is 2. The fourth-order valence-electron chi connectivity index (χ4n) is 1.54. The lowest BCUT2D eigenvalue weighted by Gasteiger charge is -2.23. The smallest absolute Gasteiger partial charge is 0.191 e. The molecule has 3 nitrogen and oxygen atoms in total. The lowest BCUT2D eigenvalue weighted by molar-refractivity contribution is 0.501. The molecule has 0 saturated heterocycles. The van der Waals surface area contributed by atoms with Crippen LogP contribution < -0.4 is 10.6 Å². The molecule has 0 atom stereocenters. The van der Waals surface area contributed by atoms with Crippen molar-refractivity contribution in [2.45, 2.75) is 39.8 Å². The van der Waals surface area contributed by atoms with Gasteiger partial charge >= 0.3 is 0 Å². The van der Waals surface area contributed by atoms with Crippen molar-refractivity contribution in [2.75, 3.05) is 7.05 Å². The maximum atomic E-state index is 4.21. The molecule has 94 valence electrons. The molecular weight excluding hydrogens is 210 g/mol. The molecule has 3 heteroatoms. The van der Waals surface area contributed by atoms with Gasteiger partial charge in [-0.2, -0.15) is 0 Å². The van der Waals surface area contributed by atoms with E-state index in [0.29, 0.717) is 0 Å². The zero-order chi connectivity index (χ0) is 12.9. The summed E-state index contributed by atoms with van der Waals surface area (Å²) in [5, 5.41) is 6.64. The second kappa shape index (κ2) is 5.71. The quantitative estimate of drug-likeness (QED) is 0.608. The van der Waals surface area contributed by atoms with Crippen LogP contribution in [0.3, 0.4) is 0 Å². The van der Waals surface area contributed by atoms with Gasteiger partial charge in [-0.05, 0) is 33.3 Å². The minimum atomic E-state index is 0.0223. The minimum Gasteiger partial charge on any atom is -0.352 e. The van der Waals surface area contributed by atoms with Crippen LogP contribution >= 0.6 is 0 Å². The molecule has 2 N–H and O–H groups in total. The lowest BCUT2D eigenvalue weighted by atomic mass is 10.1. The number of rotatable bonds is 2. The first-order valence-electron chi connectivity index (χ1n) is 5.95. The van der Waals surface area contributed by atoms with E-state index in [1.54, 1.807) is 7.05 Å². The summed E-state index contributed by atoms with van der Waals surface area (Å²) >= 11 is 0. The number of nitrogens with one attached hydrogen (secondary N) is 2. The third kappa shape index (κ3) is 5.38. The SMILES string of the molecule is CN=C(NCc1cccc(C)c1)NC(C)(C)C. The Balaban J connectivity index is 2.54. The first-order valence-corrected chi connectivity index (χ1v) is 5.95. The maximum absolute atomic E-state index is 4.21. The number of aliphatic imine (C=N–C) groups is 1. The highest BCUT2D eigenvalue weighted by Crippen LogP contribution is 2.03. The lowest BCUT2D eigenvalue weighted by Crippen LogP contribution is -2.47. The van der Waals surface area contributed by atoms with Crippen molar-refractivity contribution in [1.29, 1.82) is 0 Å². The Morgan fingerprint density at radius 3 is 2.53 bits per heavy atom. The molecule has 1 rings (SSSR count). The monoisotopic (exact) mass is 233 g/mol. The van der Waals surface area contributed by atoms with Gasteiger partial charge in [0, 0.05) is 19.1 Å². The average Bonchev–Trinajstić information content (AvgIpc) is 2.23. The summed E-state index contributed by atoms with van der Waals surface area (Å²) in [5.41, 5.74) is 2.57. The van der Waals surface area contributed by atoms with Gasteiger partial charge in [0.15, 0.2) is 5.96 Å². The molecule has 0 aliphatic heterocycles. The average molecular weight is 233 g/mol. The Morgan fingerprint density at radius 1 is 1.29 bits per heavy atom. The Labute approximate surface area is 104 Å².